The van der Waals surface area contributed by atoms with Crippen LogP contribution in [0.15, 0.2) is 115 Å². The number of anilines is 4. The Kier molecular flexibility index (Phi) is 11.2. The normalized spacial score (nSPS) is 12.7. The number of benzene rings is 5. The van der Waals surface area contributed by atoms with E-state index in [0.29, 0.717) is 17.1 Å². The maximum atomic E-state index is 13.1. The molecule has 1 aliphatic rings. The van der Waals surface area contributed by atoms with E-state index < -0.39 is 0 Å². The maximum absolute atomic E-state index is 13.1. The lowest BCUT2D eigenvalue weighted by Crippen LogP contribution is -2.22. The first-order valence-electron chi connectivity index (χ1n) is 14.9. The molecule has 0 radical (unpaired) electrons. The number of carbonyl (C=O) groups excluding carboxylic acids is 1. The van der Waals surface area contributed by atoms with Crippen molar-refractivity contribution in [2.75, 3.05) is 37.1 Å². The van der Waals surface area contributed by atoms with Crippen molar-refractivity contribution in [1.29, 1.82) is 0 Å². The van der Waals surface area contributed by atoms with E-state index in [0.717, 1.165) is 58.3 Å². The minimum absolute atomic E-state index is 0. The Bertz CT molecular complexity index is 1740. The molecule has 0 N–H and O–H groups in total. The van der Waals surface area contributed by atoms with Crippen LogP contribution in [0, 0.1) is 0 Å². The largest absolute Gasteiger partial charge is 0.494 e. The molecule has 0 aromatic heterocycles. The minimum atomic E-state index is -0.376. The number of hydrogen-bond donors (Lipinski definition) is 0. The first-order chi connectivity index (χ1) is 21.6. The third-order valence-corrected chi connectivity index (χ3v) is 8.23. The molecule has 0 amide bonds. The Morgan fingerprint density at radius 3 is 1.85 bits per heavy atom. The van der Waals surface area contributed by atoms with Crippen LogP contribution in [0.3, 0.4) is 0 Å². The highest BCUT2D eigenvalue weighted by molar-refractivity contribution is 5.92. The number of carbonyl (C=O) groups is 1. The standard InChI is InChI=1S/C38H36N2O4.2ClH/c1-5-39(6-2)28-21-22-31-34(23-28)44-35-25-36(42-3)33(40(26-15-9-7-10-16-26)27-17-11-8-12-18-27)24-32(35)37(31)29-19-13-14-20-30(29)38(41)43-4;;/h7-25,37H,5-6H2,1-4H3;2*1H. The molecule has 0 saturated carbocycles. The van der Waals surface area contributed by atoms with E-state index in [2.05, 4.69) is 72.2 Å². The fourth-order valence-corrected chi connectivity index (χ4v) is 6.10. The molecule has 46 heavy (non-hydrogen) atoms. The highest BCUT2D eigenvalue weighted by atomic mass is 35.5. The third-order valence-electron chi connectivity index (χ3n) is 8.23. The molecular formula is C38H38Cl2N2O4. The van der Waals surface area contributed by atoms with Crippen LogP contribution >= 0.6 is 24.8 Å². The number of hydrogen-bond acceptors (Lipinski definition) is 6. The van der Waals surface area contributed by atoms with Gasteiger partial charge in [-0.05, 0) is 61.9 Å². The second-order valence-corrected chi connectivity index (χ2v) is 10.6. The monoisotopic (exact) mass is 656 g/mol. The number of para-hydroxylation sites is 2. The van der Waals surface area contributed by atoms with Crippen LogP contribution in [0.25, 0.3) is 0 Å². The quantitative estimate of drug-likeness (QED) is 0.144. The predicted octanol–water partition coefficient (Wildman–Crippen LogP) is 9.93. The van der Waals surface area contributed by atoms with E-state index in [1.807, 2.05) is 66.7 Å². The van der Waals surface area contributed by atoms with Gasteiger partial charge in [-0.3, -0.25) is 0 Å². The van der Waals surface area contributed by atoms with Crippen molar-refractivity contribution in [3.05, 3.63) is 138 Å². The Morgan fingerprint density at radius 1 is 0.674 bits per heavy atom. The van der Waals surface area contributed by atoms with Gasteiger partial charge in [0.2, 0.25) is 0 Å². The van der Waals surface area contributed by atoms with Gasteiger partial charge in [-0.1, -0.05) is 60.7 Å². The van der Waals surface area contributed by atoms with Crippen molar-refractivity contribution in [2.45, 2.75) is 19.8 Å². The number of fused-ring (bicyclic) bond motifs is 2. The lowest BCUT2D eigenvalue weighted by atomic mass is 9.80. The van der Waals surface area contributed by atoms with Gasteiger partial charge in [-0.25, -0.2) is 4.79 Å². The minimum Gasteiger partial charge on any atom is -0.494 e. The summed E-state index contributed by atoms with van der Waals surface area (Å²) in [6.07, 6.45) is 0. The van der Waals surface area contributed by atoms with Gasteiger partial charge in [0.1, 0.15) is 17.2 Å². The van der Waals surface area contributed by atoms with Gasteiger partial charge >= 0.3 is 5.97 Å². The summed E-state index contributed by atoms with van der Waals surface area (Å²) in [5, 5.41) is 0. The lowest BCUT2D eigenvalue weighted by molar-refractivity contribution is 0.0599. The van der Waals surface area contributed by atoms with Gasteiger partial charge in [-0.2, -0.15) is 0 Å². The molecule has 8 heteroatoms. The average Bonchev–Trinajstić information content (AvgIpc) is 3.08. The van der Waals surface area contributed by atoms with Crippen LogP contribution in [0.4, 0.5) is 22.7 Å². The predicted molar refractivity (Wildman–Crippen MR) is 191 cm³/mol. The van der Waals surface area contributed by atoms with E-state index in [9.17, 15) is 4.79 Å². The third kappa shape index (κ3) is 6.37. The topological polar surface area (TPSA) is 51.2 Å². The fraction of sp³-hybridized carbons (Fsp3) is 0.184. The number of halogens is 2. The smallest absolute Gasteiger partial charge is 0.338 e. The van der Waals surface area contributed by atoms with Gasteiger partial charge in [0, 0.05) is 59.3 Å². The van der Waals surface area contributed by atoms with Crippen molar-refractivity contribution < 1.29 is 19.0 Å². The second-order valence-electron chi connectivity index (χ2n) is 10.6. The van der Waals surface area contributed by atoms with Crippen molar-refractivity contribution >= 4 is 53.5 Å². The Balaban J connectivity index is 0.00000240. The number of nitrogens with zero attached hydrogens (tertiary/aromatic N) is 2. The first kappa shape index (κ1) is 34.2. The molecule has 1 unspecified atom stereocenters. The zero-order chi connectivity index (χ0) is 30.6. The van der Waals surface area contributed by atoms with Crippen LogP contribution < -0.4 is 19.3 Å². The Morgan fingerprint density at radius 2 is 1.26 bits per heavy atom. The SMILES string of the molecule is CCN(CC)c1ccc2c(c1)Oc1cc(OC)c(N(c3ccccc3)c3ccccc3)cc1C2c1ccccc1C(=O)OC.Cl.Cl. The Labute approximate surface area is 283 Å². The summed E-state index contributed by atoms with van der Waals surface area (Å²) in [7, 11) is 3.10. The molecule has 0 fully saturated rings. The van der Waals surface area contributed by atoms with Gasteiger partial charge < -0.3 is 24.0 Å². The summed E-state index contributed by atoms with van der Waals surface area (Å²) >= 11 is 0. The van der Waals surface area contributed by atoms with Crippen molar-refractivity contribution in [1.82, 2.24) is 0 Å². The van der Waals surface area contributed by atoms with Crippen molar-refractivity contribution in [3.63, 3.8) is 0 Å². The molecule has 1 heterocycles. The summed E-state index contributed by atoms with van der Waals surface area (Å²) in [4.78, 5) is 17.6. The zero-order valence-electron chi connectivity index (χ0n) is 26.3. The second kappa shape index (κ2) is 15.1. The van der Waals surface area contributed by atoms with E-state index >= 15 is 0 Å². The van der Waals surface area contributed by atoms with E-state index in [1.54, 1.807) is 7.11 Å². The number of methoxy groups -OCH3 is 2. The molecular weight excluding hydrogens is 619 g/mol. The lowest BCUT2D eigenvalue weighted by Gasteiger charge is -2.34. The summed E-state index contributed by atoms with van der Waals surface area (Å²) < 4.78 is 18.0. The van der Waals surface area contributed by atoms with E-state index in [-0.39, 0.29) is 36.7 Å². The molecule has 5 aromatic carbocycles. The van der Waals surface area contributed by atoms with Crippen LogP contribution in [0.1, 0.15) is 46.8 Å². The summed E-state index contributed by atoms with van der Waals surface area (Å²) in [5.74, 6) is 1.43. The van der Waals surface area contributed by atoms with E-state index in [1.165, 1.54) is 7.11 Å². The van der Waals surface area contributed by atoms with Crippen LogP contribution in [-0.2, 0) is 4.74 Å². The molecule has 6 rings (SSSR count). The highest BCUT2D eigenvalue weighted by Gasteiger charge is 2.34. The van der Waals surface area contributed by atoms with Gasteiger partial charge in [-0.15, -0.1) is 24.8 Å². The number of ether oxygens (including phenoxy) is 3. The van der Waals surface area contributed by atoms with Gasteiger partial charge in [0.15, 0.2) is 0 Å². The molecule has 1 atom stereocenters. The van der Waals surface area contributed by atoms with Gasteiger partial charge in [0.05, 0.1) is 25.5 Å². The number of esters is 1. The summed E-state index contributed by atoms with van der Waals surface area (Å²) in [6, 6.07) is 38.6. The molecule has 0 bridgehead atoms. The molecule has 0 aliphatic carbocycles. The molecule has 238 valence electrons. The Hall–Kier alpha value is -4.65. The fourth-order valence-electron chi connectivity index (χ4n) is 6.10. The van der Waals surface area contributed by atoms with Gasteiger partial charge in [0.25, 0.3) is 0 Å². The first-order valence-corrected chi connectivity index (χ1v) is 14.9. The molecule has 1 aliphatic heterocycles. The van der Waals surface area contributed by atoms with Crippen molar-refractivity contribution in [2.24, 2.45) is 0 Å². The maximum Gasteiger partial charge on any atom is 0.338 e. The summed E-state index contributed by atoms with van der Waals surface area (Å²) in [6.45, 7) is 6.05. The summed E-state index contributed by atoms with van der Waals surface area (Å²) in [5.41, 5.74) is 7.20. The molecule has 0 spiro atoms. The van der Waals surface area contributed by atoms with Crippen LogP contribution in [0.2, 0.25) is 0 Å². The van der Waals surface area contributed by atoms with E-state index in [4.69, 9.17) is 14.2 Å². The highest BCUT2D eigenvalue weighted by Crippen LogP contribution is 2.53. The average molecular weight is 658 g/mol. The zero-order valence-corrected chi connectivity index (χ0v) is 27.9. The molecule has 6 nitrogen and oxygen atoms in total. The van der Waals surface area contributed by atoms with Crippen LogP contribution in [0.5, 0.6) is 17.2 Å². The van der Waals surface area contributed by atoms with Crippen molar-refractivity contribution in [3.8, 4) is 17.2 Å². The molecule has 5 aromatic rings. The molecule has 0 saturated heterocycles. The number of rotatable bonds is 9. The van der Waals surface area contributed by atoms with Crippen LogP contribution in [-0.4, -0.2) is 33.3 Å².